The fourth-order valence-corrected chi connectivity index (χ4v) is 1.40. The van der Waals surface area contributed by atoms with Crippen LogP contribution in [-0.2, 0) is 4.79 Å². The van der Waals surface area contributed by atoms with Crippen LogP contribution in [0, 0.1) is 0 Å². The van der Waals surface area contributed by atoms with Crippen LogP contribution in [0.1, 0.15) is 27.7 Å². The van der Waals surface area contributed by atoms with Gasteiger partial charge in [-0.15, -0.1) is 0 Å². The number of hydrogen-bond acceptors (Lipinski definition) is 2. The average molecular weight is 265 g/mol. The molecule has 0 aromatic carbocycles. The first-order chi connectivity index (χ1) is 6.51. The lowest BCUT2D eigenvalue weighted by atomic mass is 10.3. The van der Waals surface area contributed by atoms with Crippen molar-refractivity contribution >= 4 is 21.8 Å². The first-order valence-corrected chi connectivity index (χ1v) is 6.09. The van der Waals surface area contributed by atoms with Crippen molar-refractivity contribution in [2.24, 2.45) is 0 Å². The van der Waals surface area contributed by atoms with Crippen LogP contribution in [0.5, 0.6) is 0 Å². The third-order valence-electron chi connectivity index (χ3n) is 2.18. The maximum atomic E-state index is 11.3. The lowest BCUT2D eigenvalue weighted by Crippen LogP contribution is -2.43. The summed E-state index contributed by atoms with van der Waals surface area (Å²) in [6, 6.07) is 0.211. The van der Waals surface area contributed by atoms with Crippen LogP contribution in [-0.4, -0.2) is 41.3 Å². The Morgan fingerprint density at radius 2 is 1.86 bits per heavy atom. The van der Waals surface area contributed by atoms with Crippen molar-refractivity contribution in [2.45, 2.75) is 38.6 Å². The Morgan fingerprint density at radius 1 is 1.36 bits per heavy atom. The van der Waals surface area contributed by atoms with Gasteiger partial charge in [-0.1, -0.05) is 29.8 Å². The van der Waals surface area contributed by atoms with Crippen molar-refractivity contribution in [3.05, 3.63) is 0 Å². The second-order valence-electron chi connectivity index (χ2n) is 3.51. The monoisotopic (exact) mass is 264 g/mol. The summed E-state index contributed by atoms with van der Waals surface area (Å²) < 4.78 is 0. The van der Waals surface area contributed by atoms with Gasteiger partial charge in [0.1, 0.15) is 0 Å². The third kappa shape index (κ3) is 5.60. The summed E-state index contributed by atoms with van der Waals surface area (Å²) in [7, 11) is 0. The fraction of sp³-hybridized carbons (Fsp3) is 0.900. The van der Waals surface area contributed by atoms with Gasteiger partial charge in [-0.2, -0.15) is 0 Å². The second kappa shape index (κ2) is 7.23. The van der Waals surface area contributed by atoms with Crippen LogP contribution in [0.2, 0.25) is 0 Å². The van der Waals surface area contributed by atoms with Crippen molar-refractivity contribution in [3.8, 4) is 0 Å². The van der Waals surface area contributed by atoms with Crippen molar-refractivity contribution in [1.82, 2.24) is 10.2 Å². The molecule has 4 heteroatoms. The molecule has 84 valence electrons. The molecule has 0 bridgehead atoms. The summed E-state index contributed by atoms with van der Waals surface area (Å²) in [5, 5.41) is 2.95. The maximum Gasteiger partial charge on any atom is 0.233 e. The molecule has 0 heterocycles. The number of hydrogen-bond donors (Lipinski definition) is 1. The predicted octanol–water partition coefficient (Wildman–Crippen LogP) is 1.62. The minimum absolute atomic E-state index is 0.0599. The number of halogens is 1. The minimum atomic E-state index is -0.110. The number of nitrogens with one attached hydrogen (secondary N) is 1. The molecule has 0 aromatic rings. The Hall–Kier alpha value is -0.0900. The molecule has 0 saturated carbocycles. The average Bonchev–Trinajstić information content (AvgIpc) is 2.13. The van der Waals surface area contributed by atoms with E-state index in [0.29, 0.717) is 0 Å². The topological polar surface area (TPSA) is 32.3 Å². The predicted molar refractivity (Wildman–Crippen MR) is 63.8 cm³/mol. The van der Waals surface area contributed by atoms with E-state index >= 15 is 0 Å². The Kier molecular flexibility index (Phi) is 7.19. The molecule has 0 fully saturated rings. The van der Waals surface area contributed by atoms with Crippen LogP contribution in [0.15, 0.2) is 0 Å². The van der Waals surface area contributed by atoms with Gasteiger partial charge in [0.25, 0.3) is 0 Å². The number of amides is 1. The summed E-state index contributed by atoms with van der Waals surface area (Å²) in [6.45, 7) is 11.1. The van der Waals surface area contributed by atoms with E-state index in [9.17, 15) is 4.79 Å². The van der Waals surface area contributed by atoms with Crippen molar-refractivity contribution in [1.29, 1.82) is 0 Å². The molecule has 0 saturated heterocycles. The maximum absolute atomic E-state index is 11.3. The van der Waals surface area contributed by atoms with Crippen LogP contribution < -0.4 is 5.32 Å². The number of rotatable bonds is 6. The molecular weight excluding hydrogens is 244 g/mol. The highest BCUT2D eigenvalue weighted by Crippen LogP contribution is 1.98. The van der Waals surface area contributed by atoms with Crippen LogP contribution in [0.25, 0.3) is 0 Å². The summed E-state index contributed by atoms with van der Waals surface area (Å²) in [4.78, 5) is 13.5. The lowest BCUT2D eigenvalue weighted by molar-refractivity contribution is -0.120. The van der Waals surface area contributed by atoms with Gasteiger partial charge in [-0.25, -0.2) is 0 Å². The quantitative estimate of drug-likeness (QED) is 0.740. The first kappa shape index (κ1) is 13.9. The van der Waals surface area contributed by atoms with Crippen molar-refractivity contribution < 1.29 is 4.79 Å². The molecule has 3 nitrogen and oxygen atoms in total. The molecule has 0 aliphatic heterocycles. The van der Waals surface area contributed by atoms with Crippen molar-refractivity contribution in [2.75, 3.05) is 19.6 Å². The smallest absolute Gasteiger partial charge is 0.233 e. The van der Waals surface area contributed by atoms with Crippen molar-refractivity contribution in [3.63, 3.8) is 0 Å². The Balaban J connectivity index is 3.84. The SMILES string of the molecule is CCN(CC)CC(C)NC(=O)C(C)Br. The molecule has 1 amide bonds. The van der Waals surface area contributed by atoms with Gasteiger partial charge in [0.15, 0.2) is 0 Å². The zero-order valence-electron chi connectivity index (χ0n) is 9.51. The van der Waals surface area contributed by atoms with E-state index in [0.717, 1.165) is 19.6 Å². The molecular formula is C10H21BrN2O. The molecule has 14 heavy (non-hydrogen) atoms. The largest absolute Gasteiger partial charge is 0.351 e. The molecule has 1 N–H and O–H groups in total. The third-order valence-corrected chi connectivity index (χ3v) is 2.59. The summed E-state index contributed by atoms with van der Waals surface area (Å²) in [5.41, 5.74) is 0. The number of likely N-dealkylation sites (N-methyl/N-ethyl adjacent to an activating group) is 1. The molecule has 0 radical (unpaired) electrons. The van der Waals surface area contributed by atoms with Gasteiger partial charge in [0.05, 0.1) is 4.83 Å². The van der Waals surface area contributed by atoms with E-state index < -0.39 is 0 Å². The molecule has 2 unspecified atom stereocenters. The zero-order chi connectivity index (χ0) is 11.1. The normalized spacial score (nSPS) is 15.3. The highest BCUT2D eigenvalue weighted by Gasteiger charge is 2.13. The number of carbonyl (C=O) groups is 1. The molecule has 2 atom stereocenters. The first-order valence-electron chi connectivity index (χ1n) is 5.18. The summed E-state index contributed by atoms with van der Waals surface area (Å²) in [6.07, 6.45) is 0. The van der Waals surface area contributed by atoms with Crippen LogP contribution in [0.3, 0.4) is 0 Å². The molecule has 0 spiro atoms. The second-order valence-corrected chi connectivity index (χ2v) is 4.89. The highest BCUT2D eigenvalue weighted by molar-refractivity contribution is 9.10. The van der Waals surface area contributed by atoms with E-state index in [-0.39, 0.29) is 16.8 Å². The van der Waals surface area contributed by atoms with Crippen LogP contribution >= 0.6 is 15.9 Å². The van der Waals surface area contributed by atoms with Gasteiger partial charge >= 0.3 is 0 Å². The molecule has 0 aromatic heterocycles. The molecule has 0 aliphatic carbocycles. The van der Waals surface area contributed by atoms with Gasteiger partial charge in [0.2, 0.25) is 5.91 Å². The Labute approximate surface area is 95.4 Å². The highest BCUT2D eigenvalue weighted by atomic mass is 79.9. The lowest BCUT2D eigenvalue weighted by Gasteiger charge is -2.23. The van der Waals surface area contributed by atoms with E-state index in [1.165, 1.54) is 0 Å². The number of nitrogens with zero attached hydrogens (tertiary/aromatic N) is 1. The fourth-order valence-electron chi connectivity index (χ4n) is 1.27. The summed E-state index contributed by atoms with van der Waals surface area (Å²) >= 11 is 3.24. The van der Waals surface area contributed by atoms with Gasteiger partial charge in [0, 0.05) is 12.6 Å². The van der Waals surface area contributed by atoms with Crippen LogP contribution in [0.4, 0.5) is 0 Å². The molecule has 0 aliphatic rings. The van der Waals surface area contributed by atoms with Gasteiger partial charge < -0.3 is 10.2 Å². The minimum Gasteiger partial charge on any atom is -0.351 e. The number of alkyl halides is 1. The van der Waals surface area contributed by atoms with Gasteiger partial charge in [-0.3, -0.25) is 4.79 Å². The van der Waals surface area contributed by atoms with E-state index in [2.05, 4.69) is 40.0 Å². The van der Waals surface area contributed by atoms with Gasteiger partial charge in [-0.05, 0) is 26.9 Å². The standard InChI is InChI=1S/C10H21BrN2O/c1-5-13(6-2)7-8(3)12-10(14)9(4)11/h8-9H,5-7H2,1-4H3,(H,12,14). The Bertz CT molecular complexity index is 170. The van der Waals surface area contributed by atoms with E-state index in [1.54, 1.807) is 0 Å². The Morgan fingerprint density at radius 3 is 2.21 bits per heavy atom. The summed E-state index contributed by atoms with van der Waals surface area (Å²) in [5.74, 6) is 0.0599. The van der Waals surface area contributed by atoms with E-state index in [1.807, 2.05) is 13.8 Å². The van der Waals surface area contributed by atoms with E-state index in [4.69, 9.17) is 0 Å². The zero-order valence-corrected chi connectivity index (χ0v) is 11.1. The molecule has 0 rings (SSSR count). The number of carbonyl (C=O) groups excluding carboxylic acids is 1.